The Labute approximate surface area is 389 Å². The van der Waals surface area contributed by atoms with Crippen LogP contribution in [0.15, 0.2) is 36.4 Å². The highest BCUT2D eigenvalue weighted by Gasteiger charge is 2.40. The van der Waals surface area contributed by atoms with Gasteiger partial charge in [0.05, 0.1) is 19.6 Å². The van der Waals surface area contributed by atoms with Gasteiger partial charge in [0.25, 0.3) is 0 Å². The first-order valence-electron chi connectivity index (χ1n) is 22.9. The van der Waals surface area contributed by atoms with Gasteiger partial charge in [0.2, 0.25) is 35.4 Å². The van der Waals surface area contributed by atoms with Crippen molar-refractivity contribution in [1.29, 1.82) is 0 Å². The van der Waals surface area contributed by atoms with Gasteiger partial charge in [-0.2, -0.15) is 13.2 Å². The van der Waals surface area contributed by atoms with Crippen LogP contribution in [0, 0.1) is 0 Å². The van der Waals surface area contributed by atoms with E-state index in [1.165, 1.54) is 95.7 Å². The highest BCUT2D eigenvalue weighted by Crippen LogP contribution is 2.39. The van der Waals surface area contributed by atoms with E-state index in [1.54, 1.807) is 0 Å². The third kappa shape index (κ3) is 17.7. The zero-order valence-electron chi connectivity index (χ0n) is 38.8. The molecule has 0 saturated carbocycles. The topological polar surface area (TPSA) is 255 Å². The lowest BCUT2D eigenvalue weighted by Gasteiger charge is -2.31. The summed E-state index contributed by atoms with van der Waals surface area (Å²) < 4.78 is 41.4. The molecule has 0 aromatic heterocycles. The first-order valence-corrected chi connectivity index (χ1v) is 22.9. The summed E-state index contributed by atoms with van der Waals surface area (Å²) in [6.07, 6.45) is 7.45. The predicted octanol–water partition coefficient (Wildman–Crippen LogP) is 4.75. The van der Waals surface area contributed by atoms with Crippen LogP contribution in [0.25, 0.3) is 11.1 Å². The molecule has 0 radical (unpaired) electrons. The number of hydrogen-bond acceptors (Lipinski definition) is 10. The summed E-state index contributed by atoms with van der Waals surface area (Å²) in [5, 5.41) is 50.2. The number of aliphatic hydroxyl groups excluding tert-OH is 1. The van der Waals surface area contributed by atoms with Gasteiger partial charge in [0.1, 0.15) is 41.7 Å². The summed E-state index contributed by atoms with van der Waals surface area (Å²) in [7, 11) is 2.45. The molecule has 5 atom stereocenters. The third-order valence-electron chi connectivity index (χ3n) is 11.8. The minimum absolute atomic E-state index is 0.0513. The second kappa shape index (κ2) is 27.0. The fourth-order valence-electron chi connectivity index (χ4n) is 7.80. The molecule has 67 heavy (non-hydrogen) atoms. The molecule has 372 valence electrons. The molecule has 0 spiro atoms. The van der Waals surface area contributed by atoms with Crippen LogP contribution in [0.1, 0.15) is 127 Å². The monoisotopic (exact) mass is 948 g/mol. The molecule has 4 bridgehead atoms. The average molecular weight is 949 g/mol. The molecule has 17 nitrogen and oxygen atoms in total. The number of aromatic hydroxyl groups is 2. The number of phenolic OH excluding ortho intramolecular Hbond substituents is 2. The molecule has 0 fully saturated rings. The number of rotatable bonds is 24. The molecule has 1 heterocycles. The van der Waals surface area contributed by atoms with Crippen molar-refractivity contribution in [2.24, 2.45) is 0 Å². The van der Waals surface area contributed by atoms with Crippen LogP contribution >= 0.6 is 0 Å². The Balaban J connectivity index is 1.68. The van der Waals surface area contributed by atoms with E-state index in [1.807, 2.05) is 10.6 Å². The van der Waals surface area contributed by atoms with Crippen molar-refractivity contribution in [2.75, 3.05) is 27.2 Å². The summed E-state index contributed by atoms with van der Waals surface area (Å²) in [6, 6.07) is -1.47. The Hall–Kier alpha value is -5.92. The molecule has 0 unspecified atom stereocenters. The number of aliphatic hydroxyl groups is 1. The van der Waals surface area contributed by atoms with E-state index >= 15 is 0 Å². The Bertz CT molecular complexity index is 2020. The van der Waals surface area contributed by atoms with Gasteiger partial charge in [-0.25, -0.2) is 4.79 Å². The molecule has 1 aliphatic heterocycles. The van der Waals surface area contributed by atoms with E-state index in [2.05, 4.69) is 17.6 Å². The number of nitrogens with zero attached hydrogens (tertiary/aromatic N) is 2. The molecule has 3 rings (SSSR count). The number of halogens is 3. The van der Waals surface area contributed by atoms with Crippen molar-refractivity contribution >= 4 is 41.4 Å². The Morgan fingerprint density at radius 1 is 0.776 bits per heavy atom. The second-order valence-corrected chi connectivity index (χ2v) is 17.2. The maximum absolute atomic E-state index is 14.0. The van der Waals surface area contributed by atoms with Gasteiger partial charge in [-0.3, -0.25) is 28.8 Å². The molecule has 6 amide bonds. The van der Waals surface area contributed by atoms with Gasteiger partial charge < -0.3 is 51.5 Å². The van der Waals surface area contributed by atoms with E-state index in [-0.39, 0.29) is 34.6 Å². The van der Waals surface area contributed by atoms with Gasteiger partial charge >= 0.3 is 12.1 Å². The van der Waals surface area contributed by atoms with E-state index in [0.717, 1.165) is 48.6 Å². The molecule has 0 aliphatic carbocycles. The number of fused-ring (bicyclic) bond motifs is 5. The molecule has 2 aromatic rings. The molecule has 2 aromatic carbocycles. The third-order valence-corrected chi connectivity index (χ3v) is 11.8. The van der Waals surface area contributed by atoms with Crippen molar-refractivity contribution in [2.45, 2.75) is 153 Å². The van der Waals surface area contributed by atoms with Crippen LogP contribution in [0.2, 0.25) is 0 Å². The number of likely N-dealkylation sites (N-methyl/N-ethyl adjacent to an activating group) is 2. The van der Waals surface area contributed by atoms with E-state index in [4.69, 9.17) is 0 Å². The Morgan fingerprint density at radius 2 is 1.33 bits per heavy atom. The highest BCUT2D eigenvalue weighted by atomic mass is 19.4. The fraction of sp³-hybridized carbons (Fsp3) is 0.596. The number of carbonyl (C=O) groups excluding carboxylic acids is 6. The number of nitrogens with one attached hydrogen (secondary N) is 4. The lowest BCUT2D eigenvalue weighted by molar-refractivity contribution is -0.154. The number of carbonyl (C=O) groups is 7. The number of carboxylic acids is 1. The second-order valence-electron chi connectivity index (χ2n) is 17.2. The summed E-state index contributed by atoms with van der Waals surface area (Å²) >= 11 is 0. The van der Waals surface area contributed by atoms with Crippen molar-refractivity contribution in [3.8, 4) is 22.6 Å². The van der Waals surface area contributed by atoms with Crippen LogP contribution in [0.4, 0.5) is 13.2 Å². The zero-order chi connectivity index (χ0) is 49.8. The average Bonchev–Trinajstić information content (AvgIpc) is 3.26. The first kappa shape index (κ1) is 55.4. The number of aliphatic carboxylic acids is 1. The van der Waals surface area contributed by atoms with Crippen molar-refractivity contribution < 1.29 is 67.2 Å². The van der Waals surface area contributed by atoms with E-state index in [0.29, 0.717) is 6.42 Å². The quantitative estimate of drug-likeness (QED) is 0.0667. The zero-order valence-corrected chi connectivity index (χ0v) is 38.8. The Morgan fingerprint density at radius 3 is 1.88 bits per heavy atom. The van der Waals surface area contributed by atoms with Gasteiger partial charge in [0.15, 0.2) is 0 Å². The Kier molecular flexibility index (Phi) is 22.4. The minimum Gasteiger partial charge on any atom is -0.507 e. The first-order chi connectivity index (χ1) is 31.7. The van der Waals surface area contributed by atoms with Gasteiger partial charge in [-0.05, 0) is 48.7 Å². The normalized spacial score (nSPS) is 17.2. The molecule has 20 heteroatoms. The number of alkyl halides is 3. The minimum atomic E-state index is -5.04. The number of amides is 6. The maximum atomic E-state index is 14.0. The largest absolute Gasteiger partial charge is 0.507 e. The van der Waals surface area contributed by atoms with Crippen LogP contribution in [0.5, 0.6) is 11.5 Å². The van der Waals surface area contributed by atoms with Gasteiger partial charge in [-0.15, -0.1) is 0 Å². The fourth-order valence-corrected chi connectivity index (χ4v) is 7.80. The number of hydrogen-bond donors (Lipinski definition) is 8. The molecule has 8 N–H and O–H groups in total. The summed E-state index contributed by atoms with van der Waals surface area (Å²) in [5.74, 6) is -8.41. The number of phenols is 2. The van der Waals surface area contributed by atoms with Crippen LogP contribution in [-0.4, -0.2) is 129 Å². The van der Waals surface area contributed by atoms with Gasteiger partial charge in [0, 0.05) is 38.1 Å². The van der Waals surface area contributed by atoms with E-state index < -0.39 is 109 Å². The van der Waals surface area contributed by atoms with Crippen molar-refractivity contribution in [3.05, 3.63) is 47.5 Å². The number of carboxylic acid groups (broad SMARTS) is 1. The van der Waals surface area contributed by atoms with Crippen LogP contribution in [-0.2, 0) is 40.0 Å². The molecular formula is C47H67F3N6O11. The molecule has 1 aliphatic rings. The highest BCUT2D eigenvalue weighted by molar-refractivity contribution is 5.96. The van der Waals surface area contributed by atoms with Crippen LogP contribution in [0.3, 0.4) is 0 Å². The lowest BCUT2D eigenvalue weighted by atomic mass is 9.93. The maximum Gasteiger partial charge on any atom is 0.391 e. The smallest absolute Gasteiger partial charge is 0.391 e. The lowest BCUT2D eigenvalue weighted by Crippen LogP contribution is -2.56. The van der Waals surface area contributed by atoms with Crippen molar-refractivity contribution in [3.63, 3.8) is 0 Å². The summed E-state index contributed by atoms with van der Waals surface area (Å²) in [5.41, 5.74) is -0.0883. The van der Waals surface area contributed by atoms with Crippen molar-refractivity contribution in [1.82, 2.24) is 31.1 Å². The van der Waals surface area contributed by atoms with E-state index in [9.17, 15) is 67.2 Å². The summed E-state index contributed by atoms with van der Waals surface area (Å²) in [4.78, 5) is 94.1. The SMILES string of the molecule is CCCCCCCCCCCCCCCC(=O)N(C)[C@H](CO)C(=O)N[C@H](C)C(=O)NCC(=O)N(C)[C@@H]1C(=O)N[C@@H](CC(F)(F)F)C(=O)N[C@H](C(=O)O)Cc2ccc(O)c(c2)-c2cc1ccc2O. The predicted molar refractivity (Wildman–Crippen MR) is 241 cm³/mol. The molecule has 0 saturated heterocycles. The van der Waals surface area contributed by atoms with Crippen LogP contribution < -0.4 is 21.3 Å². The standard InChI is InChI=1S/C47H67F3N6O11/c1-5-6-7-8-9-10-11-12-13-14-15-16-17-18-39(60)55(3)36(28-57)44(64)52-29(2)42(62)51-27-40(61)56(4)41-31-20-22-38(59)33(25-31)32-23-30(19-21-37(32)58)24-34(46(66)67)53-43(63)35(54-45(41)65)26-47(48,49)50/h19-23,25,29,34-36,41,57-59H,5-18,24,26-28H2,1-4H3,(H,51,62)(H,52,64)(H,53,63)(H,54,65)(H,66,67)/t29-,34+,35+,36-,41+/m1/s1. The number of benzene rings is 2. The number of unbranched alkanes of at least 4 members (excludes halogenated alkanes) is 12. The molecular weight excluding hydrogens is 882 g/mol. The summed E-state index contributed by atoms with van der Waals surface area (Å²) in [6.45, 7) is 1.90. The van der Waals surface area contributed by atoms with Gasteiger partial charge in [-0.1, -0.05) is 96.1 Å².